The van der Waals surface area contributed by atoms with Crippen LogP contribution in [0.2, 0.25) is 0 Å². The van der Waals surface area contributed by atoms with Gasteiger partial charge in [0.25, 0.3) is 21.7 Å². The van der Waals surface area contributed by atoms with Crippen molar-refractivity contribution in [3.8, 4) is 11.5 Å². The lowest BCUT2D eigenvalue weighted by atomic mass is 9.43. The molecule has 7 rings (SSSR count). The van der Waals surface area contributed by atoms with Crippen molar-refractivity contribution in [1.82, 2.24) is 4.90 Å². The summed E-state index contributed by atoms with van der Waals surface area (Å²) in [5.41, 5.74) is -1.38. The summed E-state index contributed by atoms with van der Waals surface area (Å²) in [5.74, 6) is 0.0843. The van der Waals surface area contributed by atoms with Crippen LogP contribution >= 0.6 is 0 Å². The lowest BCUT2D eigenvalue weighted by Gasteiger charge is -2.67. The van der Waals surface area contributed by atoms with E-state index in [4.69, 9.17) is 18.4 Å². The summed E-state index contributed by atoms with van der Waals surface area (Å²) in [6.07, 6.45) is -1.36. The number of nitrogens with zero attached hydrogens (tertiary/aromatic N) is 2. The molecule has 13 nitrogen and oxygen atoms in total. The number of carbonyl (C=O) groups is 2. The van der Waals surface area contributed by atoms with Gasteiger partial charge in [-0.2, -0.15) is 8.42 Å². The van der Waals surface area contributed by atoms with Crippen molar-refractivity contribution < 1.29 is 46.4 Å². The van der Waals surface area contributed by atoms with Crippen LogP contribution < -0.4 is 9.47 Å². The van der Waals surface area contributed by atoms with Gasteiger partial charge in [0.2, 0.25) is 0 Å². The molecule has 6 atom stereocenters. The Morgan fingerprint density at radius 1 is 1.05 bits per heavy atom. The second-order valence-corrected chi connectivity index (χ2v) is 18.9. The first kappa shape index (κ1) is 38.7. The van der Waals surface area contributed by atoms with E-state index in [9.17, 15) is 33.2 Å². The number of amides is 2. The monoisotopic (exact) mass is 776 g/mol. The summed E-state index contributed by atoms with van der Waals surface area (Å²) in [5, 5.41) is 23.2. The molecule has 2 heterocycles. The molecule has 2 fully saturated rings. The number of nitro benzene ring substituents is 1. The van der Waals surface area contributed by atoms with Crippen LogP contribution in [-0.4, -0.2) is 58.8 Å². The number of aliphatic hydroxyl groups is 1. The van der Waals surface area contributed by atoms with Gasteiger partial charge in [-0.3, -0.25) is 19.1 Å². The van der Waals surface area contributed by atoms with Gasteiger partial charge in [-0.05, 0) is 75.1 Å². The van der Waals surface area contributed by atoms with E-state index in [1.54, 1.807) is 26.8 Å². The predicted octanol–water partition coefficient (Wildman–Crippen LogP) is 7.36. The second kappa shape index (κ2) is 13.3. The molecule has 2 amide bonds. The number of hydrogen-bond donors (Lipinski definition) is 1. The van der Waals surface area contributed by atoms with E-state index < -0.39 is 61.3 Å². The van der Waals surface area contributed by atoms with Crippen LogP contribution in [0.1, 0.15) is 94.8 Å². The van der Waals surface area contributed by atoms with Crippen molar-refractivity contribution in [3.05, 3.63) is 93.0 Å². The minimum Gasteiger partial charge on any atom is -0.488 e. The van der Waals surface area contributed by atoms with E-state index in [1.807, 2.05) is 44.2 Å². The van der Waals surface area contributed by atoms with E-state index in [2.05, 4.69) is 13.8 Å². The van der Waals surface area contributed by atoms with E-state index in [1.165, 1.54) is 0 Å². The Morgan fingerprint density at radius 2 is 1.73 bits per heavy atom. The Morgan fingerprint density at radius 3 is 2.36 bits per heavy atom. The molecule has 0 saturated heterocycles. The van der Waals surface area contributed by atoms with Crippen molar-refractivity contribution in [2.24, 2.45) is 22.7 Å². The topological polar surface area (TPSA) is 172 Å². The van der Waals surface area contributed by atoms with Crippen molar-refractivity contribution in [2.45, 2.75) is 116 Å². The van der Waals surface area contributed by atoms with Crippen LogP contribution in [0.25, 0.3) is 0 Å². The van der Waals surface area contributed by atoms with Gasteiger partial charge in [-0.15, -0.1) is 0 Å². The lowest BCUT2D eigenvalue weighted by Crippen LogP contribution is -2.73. The van der Waals surface area contributed by atoms with Crippen molar-refractivity contribution in [1.29, 1.82) is 0 Å². The second-order valence-electron chi connectivity index (χ2n) is 17.3. The largest absolute Gasteiger partial charge is 0.488 e. The van der Waals surface area contributed by atoms with Crippen LogP contribution in [0.4, 0.5) is 10.5 Å². The van der Waals surface area contributed by atoms with Gasteiger partial charge in [-0.25, -0.2) is 9.69 Å². The number of nitro groups is 1. The third kappa shape index (κ3) is 6.45. The van der Waals surface area contributed by atoms with E-state index in [-0.39, 0.29) is 47.6 Å². The highest BCUT2D eigenvalue weighted by atomic mass is 32.2. The first-order valence-corrected chi connectivity index (χ1v) is 20.0. The van der Waals surface area contributed by atoms with Crippen molar-refractivity contribution in [2.75, 3.05) is 0 Å². The fraction of sp³-hybridized carbons (Fsp3) is 0.512. The highest BCUT2D eigenvalue weighted by Gasteiger charge is 2.70. The molecule has 0 unspecified atom stereocenters. The van der Waals surface area contributed by atoms with Gasteiger partial charge in [0.05, 0.1) is 28.0 Å². The molecule has 2 aliphatic carbocycles. The summed E-state index contributed by atoms with van der Waals surface area (Å²) >= 11 is 0. The Labute approximate surface area is 321 Å². The quantitative estimate of drug-likeness (QED) is 0.144. The fourth-order valence-corrected chi connectivity index (χ4v) is 10.5. The maximum Gasteiger partial charge on any atom is 0.417 e. The fourth-order valence-electron chi connectivity index (χ4n) is 9.43. The number of non-ortho nitro benzene ring substituents is 1. The van der Waals surface area contributed by atoms with Crippen molar-refractivity contribution in [3.63, 3.8) is 0 Å². The van der Waals surface area contributed by atoms with Gasteiger partial charge in [-0.1, -0.05) is 58.0 Å². The smallest absolute Gasteiger partial charge is 0.417 e. The lowest BCUT2D eigenvalue weighted by molar-refractivity contribution is -0.384. The average molecular weight is 777 g/mol. The summed E-state index contributed by atoms with van der Waals surface area (Å²) in [6.45, 7) is 13.4. The SMILES string of the molecule is C[C@H]1CC[C@H]2C(C)(C)[C@@H](O)[C@@H](OS(=O)(=O)c3ccc([N+](=O)[O-])cc3)C[C@]23Oc2c(c(OCc4ccccc4)cc4c2CN(C(=O)OC(C)(C)C)C4=O)C[C@]13C. The number of aliphatic hydroxyl groups excluding tert-OH is 1. The maximum atomic E-state index is 14.0. The maximum absolute atomic E-state index is 14.0. The summed E-state index contributed by atoms with van der Waals surface area (Å²) in [6, 6.07) is 15.7. The van der Waals surface area contributed by atoms with Crippen LogP contribution in [0, 0.1) is 32.8 Å². The van der Waals surface area contributed by atoms with Crippen LogP contribution in [0.5, 0.6) is 11.5 Å². The zero-order valence-electron chi connectivity index (χ0n) is 32.2. The molecule has 294 valence electrons. The molecule has 14 heteroatoms. The van der Waals surface area contributed by atoms with Crippen LogP contribution in [-0.2, 0) is 38.6 Å². The number of benzene rings is 3. The normalized spacial score (nSPS) is 28.2. The third-order valence-corrected chi connectivity index (χ3v) is 13.9. The predicted molar refractivity (Wildman–Crippen MR) is 200 cm³/mol. The molecule has 0 bridgehead atoms. The molecular formula is C41H48N2O11S. The number of imide groups is 1. The standard InChI is InChI=1S/C41H48N2O11S/c1-24-13-18-33-39(5,6)35(44)32(54-55(49,50)27-16-14-26(15-17-27)43(47)48)21-41(33)40(24,7)20-29-31(51-23-25-11-9-8-10-12-25)19-28-30(34(29)52-41)22-42(36(28)45)37(46)53-38(2,3)4/h8-12,14-17,19,24,32-33,35,44H,13,18,20-23H2,1-7H3/t24-,32-,33-,35-,40+,41-/m0/s1. The highest BCUT2D eigenvalue weighted by molar-refractivity contribution is 7.86. The first-order chi connectivity index (χ1) is 25.7. The van der Waals surface area contributed by atoms with Gasteiger partial charge >= 0.3 is 6.09 Å². The minimum absolute atomic E-state index is 0.0116. The molecule has 55 heavy (non-hydrogen) atoms. The number of carbonyl (C=O) groups excluding carboxylic acids is 2. The molecule has 3 aromatic carbocycles. The van der Waals surface area contributed by atoms with Gasteiger partial charge in [0.1, 0.15) is 35.4 Å². The number of rotatable bonds is 7. The Bertz CT molecular complexity index is 2150. The van der Waals surface area contributed by atoms with Gasteiger partial charge in [0, 0.05) is 41.0 Å². The number of hydrogen-bond acceptors (Lipinski definition) is 11. The first-order valence-electron chi connectivity index (χ1n) is 18.6. The summed E-state index contributed by atoms with van der Waals surface area (Å²) in [7, 11) is -4.51. The zero-order chi connectivity index (χ0) is 39.9. The molecule has 4 aliphatic rings. The number of ether oxygens (including phenoxy) is 3. The number of fused-ring (bicyclic) bond motifs is 3. The van der Waals surface area contributed by atoms with E-state index >= 15 is 0 Å². The summed E-state index contributed by atoms with van der Waals surface area (Å²) < 4.78 is 53.0. The molecule has 1 spiro atoms. The van der Waals surface area contributed by atoms with Crippen LogP contribution in [0.3, 0.4) is 0 Å². The van der Waals surface area contributed by atoms with E-state index in [0.29, 0.717) is 29.9 Å². The third-order valence-electron chi connectivity index (χ3n) is 12.5. The van der Waals surface area contributed by atoms with Crippen LogP contribution in [0.15, 0.2) is 65.6 Å². The Hall–Kier alpha value is -4.53. The molecule has 3 aromatic rings. The van der Waals surface area contributed by atoms with Gasteiger partial charge in [0.15, 0.2) is 0 Å². The Balaban J connectivity index is 1.34. The van der Waals surface area contributed by atoms with E-state index in [0.717, 1.165) is 46.7 Å². The molecule has 1 N–H and O–H groups in total. The minimum atomic E-state index is -4.51. The molecule has 0 aromatic heterocycles. The molecule has 2 saturated carbocycles. The highest BCUT2D eigenvalue weighted by Crippen LogP contribution is 2.67. The Kier molecular flexibility index (Phi) is 9.37. The van der Waals surface area contributed by atoms with Crippen molar-refractivity contribution >= 4 is 27.8 Å². The molecular weight excluding hydrogens is 729 g/mol. The molecule has 2 aliphatic heterocycles. The zero-order valence-corrected chi connectivity index (χ0v) is 33.0. The molecule has 0 radical (unpaired) electrons. The summed E-state index contributed by atoms with van der Waals surface area (Å²) in [4.78, 5) is 38.8. The van der Waals surface area contributed by atoms with Gasteiger partial charge < -0.3 is 19.3 Å². The average Bonchev–Trinajstić information content (AvgIpc) is 3.45.